The summed E-state index contributed by atoms with van der Waals surface area (Å²) in [6.45, 7) is 3.63. The molecule has 1 rings (SSSR count). The molecular formula is C7H11NO. The number of hydrogen-bond acceptors (Lipinski definition) is 1. The van der Waals surface area contributed by atoms with Gasteiger partial charge in [0.05, 0.1) is 0 Å². The van der Waals surface area contributed by atoms with Crippen LogP contribution in [0.1, 0.15) is 13.3 Å². The van der Waals surface area contributed by atoms with E-state index in [-0.39, 0.29) is 5.91 Å². The van der Waals surface area contributed by atoms with Gasteiger partial charge in [-0.1, -0.05) is 12.2 Å². The first-order valence-corrected chi connectivity index (χ1v) is 3.27. The molecule has 0 bridgehead atoms. The predicted octanol–water partition coefficient (Wildman–Crippen LogP) is 0.795. The van der Waals surface area contributed by atoms with Crippen LogP contribution >= 0.6 is 0 Å². The van der Waals surface area contributed by atoms with E-state index < -0.39 is 0 Å². The number of amides is 1. The normalized spacial score (nSPS) is 18.8. The van der Waals surface area contributed by atoms with Crippen molar-refractivity contribution < 1.29 is 4.79 Å². The molecule has 2 heteroatoms. The van der Waals surface area contributed by atoms with Crippen molar-refractivity contribution >= 4 is 5.91 Å². The molecule has 1 amide bonds. The Bertz CT molecular complexity index is 140. The van der Waals surface area contributed by atoms with Gasteiger partial charge in [-0.25, -0.2) is 0 Å². The first-order valence-electron chi connectivity index (χ1n) is 3.27. The smallest absolute Gasteiger partial charge is 0.226 e. The lowest BCUT2D eigenvalue weighted by molar-refractivity contribution is -0.130. The number of carbonyl (C=O) groups excluding carboxylic acids is 1. The summed E-state index contributed by atoms with van der Waals surface area (Å²) in [5.41, 5.74) is 0. The Morgan fingerprint density at radius 1 is 1.67 bits per heavy atom. The van der Waals surface area contributed by atoms with Gasteiger partial charge in [0, 0.05) is 19.5 Å². The fourth-order valence-electron chi connectivity index (χ4n) is 0.922. The van der Waals surface area contributed by atoms with Crippen LogP contribution in [0.5, 0.6) is 0 Å². The van der Waals surface area contributed by atoms with Gasteiger partial charge in [-0.2, -0.15) is 0 Å². The molecule has 50 valence electrons. The molecule has 0 aliphatic carbocycles. The van der Waals surface area contributed by atoms with E-state index in [1.54, 1.807) is 0 Å². The Balaban J connectivity index is 2.53. The van der Waals surface area contributed by atoms with Crippen LogP contribution in [0.2, 0.25) is 0 Å². The van der Waals surface area contributed by atoms with Gasteiger partial charge in [0.25, 0.3) is 0 Å². The van der Waals surface area contributed by atoms with Crippen LogP contribution in [0.25, 0.3) is 0 Å². The molecule has 0 aromatic heterocycles. The minimum Gasteiger partial charge on any atom is -0.339 e. The second kappa shape index (κ2) is 2.67. The van der Waals surface area contributed by atoms with Crippen LogP contribution in [0.4, 0.5) is 0 Å². The van der Waals surface area contributed by atoms with Crippen molar-refractivity contribution in [1.29, 1.82) is 0 Å². The third kappa shape index (κ3) is 1.31. The van der Waals surface area contributed by atoms with Gasteiger partial charge in [0.1, 0.15) is 0 Å². The zero-order valence-corrected chi connectivity index (χ0v) is 5.63. The summed E-state index contributed by atoms with van der Waals surface area (Å²) in [6.07, 6.45) is 4.55. The maximum absolute atomic E-state index is 10.9. The Morgan fingerprint density at radius 2 is 2.44 bits per heavy atom. The zero-order chi connectivity index (χ0) is 6.69. The number of likely N-dealkylation sites (N-methyl/N-ethyl adjacent to an activating group) is 1. The topological polar surface area (TPSA) is 20.3 Å². The van der Waals surface area contributed by atoms with Crippen molar-refractivity contribution in [2.45, 2.75) is 13.3 Å². The predicted molar refractivity (Wildman–Crippen MR) is 36.0 cm³/mol. The summed E-state index contributed by atoms with van der Waals surface area (Å²) in [5, 5.41) is 0. The Labute approximate surface area is 55.2 Å². The fraction of sp³-hybridized carbons (Fsp3) is 0.571. The Hall–Kier alpha value is -0.790. The average molecular weight is 125 g/mol. The average Bonchev–Trinajstić information content (AvgIpc) is 1.89. The molecule has 2 nitrogen and oxygen atoms in total. The summed E-state index contributed by atoms with van der Waals surface area (Å²) in [7, 11) is 0. The first kappa shape index (κ1) is 6.33. The van der Waals surface area contributed by atoms with Crippen LogP contribution in [0.15, 0.2) is 12.2 Å². The van der Waals surface area contributed by atoms with E-state index in [0.717, 1.165) is 13.1 Å². The van der Waals surface area contributed by atoms with Crippen molar-refractivity contribution in [2.75, 3.05) is 13.1 Å². The molecule has 9 heavy (non-hydrogen) atoms. The highest BCUT2D eigenvalue weighted by Gasteiger charge is 2.10. The summed E-state index contributed by atoms with van der Waals surface area (Å²) in [5.74, 6) is 0.250. The largest absolute Gasteiger partial charge is 0.339 e. The van der Waals surface area contributed by atoms with Crippen LogP contribution in [0, 0.1) is 0 Å². The molecule has 0 radical (unpaired) electrons. The Morgan fingerprint density at radius 3 is 2.89 bits per heavy atom. The number of nitrogens with zero attached hydrogens (tertiary/aromatic N) is 1. The number of carbonyl (C=O) groups is 1. The lowest BCUT2D eigenvalue weighted by Crippen LogP contribution is -2.32. The van der Waals surface area contributed by atoms with Crippen molar-refractivity contribution in [3.8, 4) is 0 Å². The third-order valence-electron chi connectivity index (χ3n) is 1.52. The summed E-state index contributed by atoms with van der Waals surface area (Å²) in [4.78, 5) is 12.7. The van der Waals surface area contributed by atoms with Gasteiger partial charge in [0.15, 0.2) is 0 Å². The van der Waals surface area contributed by atoms with Crippen molar-refractivity contribution in [1.82, 2.24) is 4.90 Å². The van der Waals surface area contributed by atoms with Gasteiger partial charge >= 0.3 is 0 Å². The van der Waals surface area contributed by atoms with Crippen molar-refractivity contribution in [3.63, 3.8) is 0 Å². The lowest BCUT2D eigenvalue weighted by atomic mass is 10.2. The van der Waals surface area contributed by atoms with E-state index in [1.807, 2.05) is 24.0 Å². The van der Waals surface area contributed by atoms with Gasteiger partial charge in [-0.05, 0) is 6.92 Å². The zero-order valence-electron chi connectivity index (χ0n) is 5.63. The first-order chi connectivity index (χ1) is 4.34. The summed E-state index contributed by atoms with van der Waals surface area (Å²) >= 11 is 0. The van der Waals surface area contributed by atoms with Gasteiger partial charge in [-0.15, -0.1) is 0 Å². The molecular weight excluding hydrogens is 114 g/mol. The van der Waals surface area contributed by atoms with E-state index in [9.17, 15) is 4.79 Å². The quantitative estimate of drug-likeness (QED) is 0.474. The van der Waals surface area contributed by atoms with Crippen LogP contribution < -0.4 is 0 Å². The molecule has 0 fully saturated rings. The second-order valence-electron chi connectivity index (χ2n) is 2.11. The fourth-order valence-corrected chi connectivity index (χ4v) is 0.922. The van der Waals surface area contributed by atoms with E-state index >= 15 is 0 Å². The third-order valence-corrected chi connectivity index (χ3v) is 1.52. The highest BCUT2D eigenvalue weighted by molar-refractivity contribution is 5.78. The van der Waals surface area contributed by atoms with E-state index in [2.05, 4.69) is 0 Å². The molecule has 1 aliphatic heterocycles. The Kier molecular flexibility index (Phi) is 1.88. The number of rotatable bonds is 1. The van der Waals surface area contributed by atoms with Crippen molar-refractivity contribution in [2.24, 2.45) is 0 Å². The molecule has 0 unspecified atom stereocenters. The monoisotopic (exact) mass is 125 g/mol. The second-order valence-corrected chi connectivity index (χ2v) is 2.11. The highest BCUT2D eigenvalue weighted by atomic mass is 16.2. The van der Waals surface area contributed by atoms with Crippen molar-refractivity contribution in [3.05, 3.63) is 12.2 Å². The standard InChI is InChI=1S/C7H11NO/c1-2-8-6-4-3-5-7(8)9/h3-4H,2,5-6H2,1H3. The maximum Gasteiger partial charge on any atom is 0.226 e. The molecule has 0 spiro atoms. The maximum atomic E-state index is 10.9. The molecule has 0 saturated carbocycles. The van der Waals surface area contributed by atoms with Crippen LogP contribution in [-0.4, -0.2) is 23.9 Å². The van der Waals surface area contributed by atoms with E-state index in [1.165, 1.54) is 0 Å². The van der Waals surface area contributed by atoms with Gasteiger partial charge in [0.2, 0.25) is 5.91 Å². The van der Waals surface area contributed by atoms with E-state index in [4.69, 9.17) is 0 Å². The molecule has 0 aromatic carbocycles. The van der Waals surface area contributed by atoms with Crippen LogP contribution in [-0.2, 0) is 4.79 Å². The van der Waals surface area contributed by atoms with E-state index in [0.29, 0.717) is 6.42 Å². The summed E-state index contributed by atoms with van der Waals surface area (Å²) in [6, 6.07) is 0. The summed E-state index contributed by atoms with van der Waals surface area (Å²) < 4.78 is 0. The molecule has 1 aliphatic rings. The minimum absolute atomic E-state index is 0.250. The van der Waals surface area contributed by atoms with Gasteiger partial charge in [-0.3, -0.25) is 4.79 Å². The SMILES string of the molecule is CCN1CC=CCC1=O. The molecule has 1 heterocycles. The minimum atomic E-state index is 0.250. The van der Waals surface area contributed by atoms with Gasteiger partial charge < -0.3 is 4.90 Å². The molecule has 0 N–H and O–H groups in total. The molecule has 0 aromatic rings. The lowest BCUT2D eigenvalue weighted by Gasteiger charge is -2.20. The molecule has 0 saturated heterocycles. The molecule has 0 atom stereocenters. The van der Waals surface area contributed by atoms with Crippen LogP contribution in [0.3, 0.4) is 0 Å². The number of hydrogen-bond donors (Lipinski definition) is 0. The highest BCUT2D eigenvalue weighted by Crippen LogP contribution is 2.01.